The van der Waals surface area contributed by atoms with E-state index in [9.17, 15) is 19.3 Å². The molecule has 1 aromatic heterocycles. The molecule has 1 heterocycles. The summed E-state index contributed by atoms with van der Waals surface area (Å²) in [6.07, 6.45) is 2.04. The summed E-state index contributed by atoms with van der Waals surface area (Å²) in [6, 6.07) is 7.07. The van der Waals surface area contributed by atoms with Crippen LogP contribution in [0, 0.1) is 21.3 Å². The molecule has 3 aromatic rings. The molecule has 9 heteroatoms. The lowest BCUT2D eigenvalue weighted by atomic mass is 9.91. The molecule has 1 aliphatic rings. The van der Waals surface area contributed by atoms with Gasteiger partial charge in [0.15, 0.2) is 5.52 Å². The van der Waals surface area contributed by atoms with Crippen molar-refractivity contribution in [1.29, 1.82) is 0 Å². The molecule has 1 amide bonds. The molecular weight excluding hydrogens is 391 g/mol. The van der Waals surface area contributed by atoms with E-state index in [1.807, 2.05) is 20.8 Å². The van der Waals surface area contributed by atoms with Crippen LogP contribution in [0.4, 0.5) is 21.5 Å². The van der Waals surface area contributed by atoms with Gasteiger partial charge in [-0.05, 0) is 64.3 Å². The summed E-state index contributed by atoms with van der Waals surface area (Å²) >= 11 is 0. The lowest BCUT2D eigenvalue weighted by molar-refractivity contribution is -0.383. The van der Waals surface area contributed by atoms with Gasteiger partial charge < -0.3 is 0 Å². The Hall–Kier alpha value is -3.36. The minimum atomic E-state index is -0.578. The van der Waals surface area contributed by atoms with Crippen molar-refractivity contribution >= 4 is 34.0 Å². The fraction of sp³-hybridized carbons (Fsp3) is 0.381. The molecular formula is C21H21FN4O4. The smallest absolute Gasteiger partial charge is 0.278 e. The van der Waals surface area contributed by atoms with Gasteiger partial charge in [0.05, 0.1) is 16.3 Å². The van der Waals surface area contributed by atoms with Crippen molar-refractivity contribution in [1.82, 2.24) is 10.3 Å². The zero-order valence-electron chi connectivity index (χ0n) is 16.9. The second-order valence-corrected chi connectivity index (χ2v) is 8.77. The van der Waals surface area contributed by atoms with Gasteiger partial charge in [-0.2, -0.15) is 0 Å². The molecule has 4 rings (SSSR count). The summed E-state index contributed by atoms with van der Waals surface area (Å²) in [5, 5.41) is 18.9. The van der Waals surface area contributed by atoms with Crippen molar-refractivity contribution in [3.8, 4) is 0 Å². The van der Waals surface area contributed by atoms with Crippen LogP contribution in [-0.2, 0) is 4.79 Å². The van der Waals surface area contributed by atoms with E-state index in [-0.39, 0.29) is 46.2 Å². The first-order chi connectivity index (χ1) is 14.2. The molecule has 0 saturated heterocycles. The maximum atomic E-state index is 14.0. The summed E-state index contributed by atoms with van der Waals surface area (Å²) in [6.45, 7) is 5.83. The number of benzene rings is 2. The third-order valence-corrected chi connectivity index (χ3v) is 4.99. The minimum Gasteiger partial charge on any atom is -0.278 e. The molecule has 0 N–H and O–H groups in total. The maximum Gasteiger partial charge on any atom is 0.300 e. The highest BCUT2D eigenvalue weighted by Gasteiger charge is 2.34. The number of nitro benzene ring substituents is 1. The average molecular weight is 412 g/mol. The fourth-order valence-electron chi connectivity index (χ4n) is 3.55. The highest BCUT2D eigenvalue weighted by Crippen LogP contribution is 2.47. The van der Waals surface area contributed by atoms with Crippen molar-refractivity contribution in [2.45, 2.75) is 46.0 Å². The number of carbonyl (C=O) groups is 1. The number of aromatic nitrogens is 2. The van der Waals surface area contributed by atoms with Gasteiger partial charge in [0.1, 0.15) is 5.82 Å². The van der Waals surface area contributed by atoms with E-state index < -0.39 is 4.92 Å². The second-order valence-electron chi connectivity index (χ2n) is 8.77. The van der Waals surface area contributed by atoms with E-state index in [0.29, 0.717) is 11.4 Å². The molecule has 8 nitrogen and oxygen atoms in total. The van der Waals surface area contributed by atoms with Crippen LogP contribution in [-0.4, -0.2) is 21.1 Å². The molecule has 1 fully saturated rings. The minimum absolute atomic E-state index is 0.0406. The van der Waals surface area contributed by atoms with Crippen molar-refractivity contribution in [3.05, 3.63) is 51.8 Å². The Morgan fingerprint density at radius 2 is 1.87 bits per heavy atom. The highest BCUT2D eigenvalue weighted by atomic mass is 19.1. The van der Waals surface area contributed by atoms with Gasteiger partial charge in [0, 0.05) is 12.5 Å². The summed E-state index contributed by atoms with van der Waals surface area (Å²) < 4.78 is 18.8. The molecule has 1 aliphatic carbocycles. The third-order valence-electron chi connectivity index (χ3n) is 4.99. The van der Waals surface area contributed by atoms with Crippen molar-refractivity contribution in [2.24, 2.45) is 5.41 Å². The Kier molecular flexibility index (Phi) is 4.76. The van der Waals surface area contributed by atoms with E-state index in [1.165, 1.54) is 29.2 Å². The molecule has 0 aliphatic heterocycles. The van der Waals surface area contributed by atoms with Gasteiger partial charge in [-0.1, -0.05) is 20.8 Å². The molecule has 156 valence electrons. The first-order valence-electron chi connectivity index (χ1n) is 9.68. The molecule has 0 bridgehead atoms. The quantitative estimate of drug-likeness (QED) is 0.419. The monoisotopic (exact) mass is 412 g/mol. The topological polar surface area (TPSA) is 102 Å². The van der Waals surface area contributed by atoms with Gasteiger partial charge >= 0.3 is 5.69 Å². The number of hydrogen-bond acceptors (Lipinski definition) is 6. The number of carbonyl (C=O) groups excluding carboxylic acids is 1. The predicted molar refractivity (Wildman–Crippen MR) is 108 cm³/mol. The van der Waals surface area contributed by atoms with E-state index in [2.05, 4.69) is 10.3 Å². The summed E-state index contributed by atoms with van der Waals surface area (Å²) in [5.41, 5.74) is 1.10. The summed E-state index contributed by atoms with van der Waals surface area (Å²) in [4.78, 5) is 25.7. The molecule has 30 heavy (non-hydrogen) atoms. The molecule has 1 saturated carbocycles. The average Bonchev–Trinajstić information content (AvgIpc) is 3.37. The molecule has 2 aromatic carbocycles. The van der Waals surface area contributed by atoms with Crippen LogP contribution in [0.3, 0.4) is 0 Å². The zero-order chi connectivity index (χ0) is 21.6. The van der Waals surface area contributed by atoms with Gasteiger partial charge in [-0.3, -0.25) is 19.8 Å². The largest absolute Gasteiger partial charge is 0.300 e. The second kappa shape index (κ2) is 7.16. The Morgan fingerprint density at radius 1 is 1.20 bits per heavy atom. The Labute approximate surface area is 171 Å². The standard InChI is InChI=1S/C21H21FN4O4/c1-21(2,3)11-18(27)25(15-7-6-13(22)10-14(15)12-4-5-12)16-8-9-17(26(28)29)20-19(16)23-30-24-20/h6-10,12H,4-5,11H2,1-3H3. The van der Waals surface area contributed by atoms with Crippen LogP contribution in [0.2, 0.25) is 0 Å². The maximum absolute atomic E-state index is 14.0. The van der Waals surface area contributed by atoms with Crippen LogP contribution >= 0.6 is 0 Å². The number of anilines is 2. The molecule has 0 spiro atoms. The van der Waals surface area contributed by atoms with Gasteiger partial charge in [0.2, 0.25) is 11.4 Å². The highest BCUT2D eigenvalue weighted by molar-refractivity contribution is 6.08. The predicted octanol–water partition coefficient (Wildman–Crippen LogP) is 5.25. The van der Waals surface area contributed by atoms with E-state index >= 15 is 0 Å². The van der Waals surface area contributed by atoms with Gasteiger partial charge in [-0.15, -0.1) is 0 Å². The van der Waals surface area contributed by atoms with Crippen molar-refractivity contribution in [2.75, 3.05) is 4.90 Å². The summed E-state index contributed by atoms with van der Waals surface area (Å²) in [7, 11) is 0. The van der Waals surface area contributed by atoms with E-state index in [4.69, 9.17) is 4.63 Å². The number of nitro groups is 1. The van der Waals surface area contributed by atoms with Crippen LogP contribution in [0.25, 0.3) is 11.0 Å². The van der Waals surface area contributed by atoms with Crippen LogP contribution in [0.1, 0.15) is 51.5 Å². The summed E-state index contributed by atoms with van der Waals surface area (Å²) in [5.74, 6) is -0.431. The fourth-order valence-corrected chi connectivity index (χ4v) is 3.55. The number of halogens is 1. The zero-order valence-corrected chi connectivity index (χ0v) is 16.9. The van der Waals surface area contributed by atoms with Crippen LogP contribution in [0.5, 0.6) is 0 Å². The number of rotatable bonds is 5. The number of nitrogens with zero attached hydrogens (tertiary/aromatic N) is 4. The first-order valence-corrected chi connectivity index (χ1v) is 9.68. The first kappa shape index (κ1) is 19.9. The molecule has 0 radical (unpaired) electrons. The Balaban J connectivity index is 1.93. The van der Waals surface area contributed by atoms with Gasteiger partial charge in [-0.25, -0.2) is 9.02 Å². The van der Waals surface area contributed by atoms with Crippen LogP contribution in [0.15, 0.2) is 35.0 Å². The van der Waals surface area contributed by atoms with Crippen molar-refractivity contribution in [3.63, 3.8) is 0 Å². The lowest BCUT2D eigenvalue weighted by Crippen LogP contribution is -2.30. The number of amides is 1. The van der Waals surface area contributed by atoms with Gasteiger partial charge in [0.25, 0.3) is 0 Å². The number of fused-ring (bicyclic) bond motifs is 1. The van der Waals surface area contributed by atoms with Crippen LogP contribution < -0.4 is 4.90 Å². The lowest BCUT2D eigenvalue weighted by Gasteiger charge is -2.28. The normalized spacial score (nSPS) is 14.1. The van der Waals surface area contributed by atoms with E-state index in [0.717, 1.165) is 18.4 Å². The van der Waals surface area contributed by atoms with E-state index in [1.54, 1.807) is 6.07 Å². The number of non-ortho nitro benzene ring substituents is 1. The number of hydrogen-bond donors (Lipinski definition) is 0. The van der Waals surface area contributed by atoms with Crippen molar-refractivity contribution < 1.29 is 18.7 Å². The molecule has 0 atom stereocenters. The third kappa shape index (κ3) is 3.74. The Bertz CT molecular complexity index is 1150. The molecule has 0 unspecified atom stereocenters. The SMILES string of the molecule is CC(C)(C)CC(=O)N(c1ccc(F)cc1C1CC1)c1ccc([N+](=O)[O-])c2nonc12. The Morgan fingerprint density at radius 3 is 2.50 bits per heavy atom.